The fraction of sp³-hybridized carbons (Fsp3) is 0.222. The molecule has 104 valence electrons. The van der Waals surface area contributed by atoms with Gasteiger partial charge in [0.25, 0.3) is 0 Å². The molecule has 1 N–H and O–H groups in total. The summed E-state index contributed by atoms with van der Waals surface area (Å²) >= 11 is 0. The summed E-state index contributed by atoms with van der Waals surface area (Å²) in [6.07, 6.45) is 11.8. The molecular weight excluding hydrogens is 264 g/mol. The van der Waals surface area contributed by atoms with Gasteiger partial charge >= 0.3 is 0 Å². The third-order valence-electron chi connectivity index (χ3n) is 5.46. The van der Waals surface area contributed by atoms with Crippen LogP contribution in [0.2, 0.25) is 0 Å². The van der Waals surface area contributed by atoms with Crippen LogP contribution < -0.4 is 0 Å². The number of aliphatic hydroxyl groups excluding tert-OH is 1. The van der Waals surface area contributed by atoms with E-state index in [1.54, 1.807) is 24.3 Å². The molecule has 0 amide bonds. The maximum atomic E-state index is 11.9. The van der Waals surface area contributed by atoms with Crippen LogP contribution in [0.4, 0.5) is 0 Å². The summed E-state index contributed by atoms with van der Waals surface area (Å²) in [6, 6.07) is 0. The topological polar surface area (TPSA) is 54.4 Å². The standard InChI is InChI=1S/C18H14O3/c1-17-10-3-4-11-6-14(20)9-15(18(11,17)2)16(21)8-12(17)7-13(19)5-10/h3-9,21H,1-2H3/t17-,18-/m1/s1. The van der Waals surface area contributed by atoms with Crippen LogP contribution >= 0.6 is 0 Å². The number of ketones is 2. The lowest BCUT2D eigenvalue weighted by Crippen LogP contribution is -2.49. The Hall–Kier alpha value is -2.42. The van der Waals surface area contributed by atoms with E-state index in [0.717, 1.165) is 16.7 Å². The third kappa shape index (κ3) is 1.20. The largest absolute Gasteiger partial charge is 0.508 e. The van der Waals surface area contributed by atoms with Gasteiger partial charge in [0.05, 0.1) is 0 Å². The van der Waals surface area contributed by atoms with Crippen molar-refractivity contribution in [2.24, 2.45) is 10.8 Å². The van der Waals surface area contributed by atoms with Gasteiger partial charge in [0, 0.05) is 16.4 Å². The van der Waals surface area contributed by atoms with Crippen molar-refractivity contribution >= 4 is 11.6 Å². The lowest BCUT2D eigenvalue weighted by molar-refractivity contribution is -0.112. The molecule has 0 aromatic carbocycles. The molecule has 0 aliphatic heterocycles. The van der Waals surface area contributed by atoms with E-state index in [9.17, 15) is 14.7 Å². The second kappa shape index (κ2) is 3.42. The molecule has 4 aliphatic carbocycles. The minimum Gasteiger partial charge on any atom is -0.508 e. The third-order valence-corrected chi connectivity index (χ3v) is 5.46. The lowest BCUT2D eigenvalue weighted by atomic mass is 9.46. The molecule has 0 saturated heterocycles. The Labute approximate surface area is 122 Å². The number of hydrogen-bond donors (Lipinski definition) is 1. The predicted molar refractivity (Wildman–Crippen MR) is 78.4 cm³/mol. The van der Waals surface area contributed by atoms with E-state index < -0.39 is 10.8 Å². The Morgan fingerprint density at radius 1 is 0.762 bits per heavy atom. The normalized spacial score (nSPS) is 36.2. The predicted octanol–water partition coefficient (Wildman–Crippen LogP) is 2.90. The number of rotatable bonds is 0. The molecule has 3 nitrogen and oxygen atoms in total. The molecule has 0 fully saturated rings. The first-order valence-corrected chi connectivity index (χ1v) is 6.93. The molecule has 0 heterocycles. The fourth-order valence-electron chi connectivity index (χ4n) is 4.07. The van der Waals surface area contributed by atoms with Gasteiger partial charge in [0.15, 0.2) is 11.6 Å². The molecule has 0 unspecified atom stereocenters. The summed E-state index contributed by atoms with van der Waals surface area (Å²) in [6.45, 7) is 4.10. The monoisotopic (exact) mass is 278 g/mol. The van der Waals surface area contributed by atoms with Crippen LogP contribution in [0, 0.1) is 10.8 Å². The van der Waals surface area contributed by atoms with E-state index >= 15 is 0 Å². The Morgan fingerprint density at radius 3 is 1.95 bits per heavy atom. The van der Waals surface area contributed by atoms with Crippen LogP contribution in [0.5, 0.6) is 0 Å². The second-order valence-electron chi connectivity index (χ2n) is 6.27. The number of allylic oxidation sites excluding steroid dienone is 11. The molecule has 4 rings (SSSR count). The van der Waals surface area contributed by atoms with Crippen molar-refractivity contribution < 1.29 is 14.7 Å². The van der Waals surface area contributed by atoms with Gasteiger partial charge in [-0.1, -0.05) is 26.0 Å². The molecule has 0 spiro atoms. The van der Waals surface area contributed by atoms with Gasteiger partial charge in [0.2, 0.25) is 0 Å². The van der Waals surface area contributed by atoms with Gasteiger partial charge in [-0.25, -0.2) is 0 Å². The SMILES string of the molecule is C[C@@]12C3=CC(=O)C=C1C=C(O)C1=CC(=O)C=C(C=C3)[C@]12C. The lowest BCUT2D eigenvalue weighted by Gasteiger charge is -2.56. The van der Waals surface area contributed by atoms with Gasteiger partial charge in [-0.2, -0.15) is 0 Å². The van der Waals surface area contributed by atoms with Crippen LogP contribution in [0.1, 0.15) is 13.8 Å². The van der Waals surface area contributed by atoms with Crippen molar-refractivity contribution in [2.75, 3.05) is 0 Å². The minimum atomic E-state index is -0.535. The first-order valence-electron chi connectivity index (χ1n) is 6.93. The summed E-state index contributed by atoms with van der Waals surface area (Å²) in [5, 5.41) is 10.4. The van der Waals surface area contributed by atoms with E-state index in [1.807, 2.05) is 19.1 Å². The summed E-state index contributed by atoms with van der Waals surface area (Å²) in [7, 11) is 0. The van der Waals surface area contributed by atoms with Crippen molar-refractivity contribution in [3.05, 3.63) is 70.6 Å². The quantitative estimate of drug-likeness (QED) is 0.741. The fourth-order valence-corrected chi connectivity index (χ4v) is 4.07. The van der Waals surface area contributed by atoms with Crippen LogP contribution in [0.25, 0.3) is 0 Å². The van der Waals surface area contributed by atoms with Crippen LogP contribution in [-0.4, -0.2) is 16.7 Å². The van der Waals surface area contributed by atoms with Gasteiger partial charge in [-0.15, -0.1) is 0 Å². The van der Waals surface area contributed by atoms with E-state index in [-0.39, 0.29) is 17.3 Å². The molecule has 4 aliphatic rings. The van der Waals surface area contributed by atoms with E-state index in [4.69, 9.17) is 0 Å². The summed E-state index contributed by atoms with van der Waals surface area (Å²) in [5.74, 6) is -0.108. The van der Waals surface area contributed by atoms with Crippen LogP contribution in [0.3, 0.4) is 0 Å². The average molecular weight is 278 g/mol. The molecule has 0 radical (unpaired) electrons. The van der Waals surface area contributed by atoms with Gasteiger partial charge < -0.3 is 5.11 Å². The summed E-state index contributed by atoms with van der Waals surface area (Å²) in [5.41, 5.74) is 2.26. The number of hydrogen-bond acceptors (Lipinski definition) is 3. The van der Waals surface area contributed by atoms with Gasteiger partial charge in [-0.05, 0) is 47.1 Å². The van der Waals surface area contributed by atoms with Gasteiger partial charge in [-0.3, -0.25) is 9.59 Å². The highest BCUT2D eigenvalue weighted by atomic mass is 16.3. The Bertz CT molecular complexity index is 813. The summed E-state index contributed by atoms with van der Waals surface area (Å²) < 4.78 is 0. The van der Waals surface area contributed by atoms with Crippen molar-refractivity contribution in [2.45, 2.75) is 13.8 Å². The van der Waals surface area contributed by atoms with E-state index in [0.29, 0.717) is 5.57 Å². The van der Waals surface area contributed by atoms with Crippen molar-refractivity contribution in [1.29, 1.82) is 0 Å². The van der Waals surface area contributed by atoms with Crippen molar-refractivity contribution in [1.82, 2.24) is 0 Å². The van der Waals surface area contributed by atoms with Crippen molar-refractivity contribution in [3.63, 3.8) is 0 Å². The van der Waals surface area contributed by atoms with Crippen LogP contribution in [0.15, 0.2) is 70.6 Å². The molecule has 0 saturated carbocycles. The average Bonchev–Trinajstić information content (AvgIpc) is 2.40. The highest BCUT2D eigenvalue weighted by Crippen LogP contribution is 2.65. The zero-order chi connectivity index (χ0) is 15.0. The first-order chi connectivity index (χ1) is 9.87. The van der Waals surface area contributed by atoms with E-state index in [1.165, 1.54) is 6.08 Å². The Balaban J connectivity index is 2.17. The molecule has 0 bridgehead atoms. The van der Waals surface area contributed by atoms with Gasteiger partial charge in [0.1, 0.15) is 5.76 Å². The maximum absolute atomic E-state index is 11.9. The number of carbonyl (C=O) groups is 2. The molecule has 3 heteroatoms. The number of aliphatic hydroxyl groups is 1. The van der Waals surface area contributed by atoms with E-state index in [2.05, 4.69) is 6.92 Å². The Kier molecular flexibility index (Phi) is 2.01. The molecule has 2 atom stereocenters. The molecule has 21 heavy (non-hydrogen) atoms. The number of carbonyl (C=O) groups excluding carboxylic acids is 2. The molecular formula is C18H14O3. The highest BCUT2D eigenvalue weighted by molar-refractivity contribution is 6.06. The van der Waals surface area contributed by atoms with Crippen LogP contribution in [-0.2, 0) is 9.59 Å². The molecule has 0 aromatic rings. The summed E-state index contributed by atoms with van der Waals surface area (Å²) in [4.78, 5) is 23.8. The smallest absolute Gasteiger partial charge is 0.179 e. The highest BCUT2D eigenvalue weighted by Gasteiger charge is 2.58. The molecule has 0 aromatic heterocycles. The zero-order valence-electron chi connectivity index (χ0n) is 11.8. The first kappa shape index (κ1) is 12.3. The maximum Gasteiger partial charge on any atom is 0.179 e. The Morgan fingerprint density at radius 2 is 1.29 bits per heavy atom. The van der Waals surface area contributed by atoms with Crippen molar-refractivity contribution in [3.8, 4) is 0 Å². The zero-order valence-corrected chi connectivity index (χ0v) is 11.8. The minimum absolute atomic E-state index is 0.0680. The second-order valence-corrected chi connectivity index (χ2v) is 6.27.